The molecule has 0 aromatic heterocycles. The SMILES string of the molecule is COCCCOCCNCC1CCCCC1O. The molecule has 1 aliphatic rings. The average molecular weight is 245 g/mol. The Hall–Kier alpha value is -0.160. The zero-order valence-electron chi connectivity index (χ0n) is 11.0. The van der Waals surface area contributed by atoms with Crippen molar-refractivity contribution in [3.8, 4) is 0 Å². The number of ether oxygens (including phenoxy) is 2. The Bertz CT molecular complexity index is 178. The van der Waals surface area contributed by atoms with Crippen LogP contribution in [-0.2, 0) is 9.47 Å². The van der Waals surface area contributed by atoms with E-state index in [9.17, 15) is 5.11 Å². The summed E-state index contributed by atoms with van der Waals surface area (Å²) in [5.74, 6) is 0.442. The topological polar surface area (TPSA) is 50.7 Å². The molecule has 1 rings (SSSR count). The maximum atomic E-state index is 9.78. The predicted octanol–water partition coefficient (Wildman–Crippen LogP) is 1.18. The quantitative estimate of drug-likeness (QED) is 0.599. The summed E-state index contributed by atoms with van der Waals surface area (Å²) in [5.41, 5.74) is 0. The van der Waals surface area contributed by atoms with Gasteiger partial charge in [-0.25, -0.2) is 0 Å². The van der Waals surface area contributed by atoms with E-state index in [1.54, 1.807) is 7.11 Å². The molecule has 0 bridgehead atoms. The van der Waals surface area contributed by atoms with Crippen LogP contribution in [0.15, 0.2) is 0 Å². The van der Waals surface area contributed by atoms with Crippen LogP contribution >= 0.6 is 0 Å². The molecule has 4 heteroatoms. The Morgan fingerprint density at radius 1 is 1.18 bits per heavy atom. The zero-order chi connectivity index (χ0) is 12.3. The molecule has 2 N–H and O–H groups in total. The second kappa shape index (κ2) is 9.83. The van der Waals surface area contributed by atoms with Crippen LogP contribution in [0.2, 0.25) is 0 Å². The lowest BCUT2D eigenvalue weighted by atomic mass is 9.86. The fourth-order valence-electron chi connectivity index (χ4n) is 2.27. The number of nitrogens with one attached hydrogen (secondary N) is 1. The van der Waals surface area contributed by atoms with Crippen molar-refractivity contribution in [2.24, 2.45) is 5.92 Å². The maximum Gasteiger partial charge on any atom is 0.0590 e. The largest absolute Gasteiger partial charge is 0.393 e. The van der Waals surface area contributed by atoms with Crippen LogP contribution in [0.5, 0.6) is 0 Å². The van der Waals surface area contributed by atoms with Gasteiger partial charge in [-0.3, -0.25) is 0 Å². The summed E-state index contributed by atoms with van der Waals surface area (Å²) in [6.45, 7) is 4.06. The third-order valence-corrected chi connectivity index (χ3v) is 3.34. The van der Waals surface area contributed by atoms with Crippen LogP contribution in [0, 0.1) is 5.92 Å². The van der Waals surface area contributed by atoms with E-state index >= 15 is 0 Å². The first-order valence-electron chi connectivity index (χ1n) is 6.80. The first-order valence-corrected chi connectivity index (χ1v) is 6.80. The zero-order valence-corrected chi connectivity index (χ0v) is 11.0. The highest BCUT2D eigenvalue weighted by Crippen LogP contribution is 2.23. The molecule has 0 amide bonds. The van der Waals surface area contributed by atoms with Crippen molar-refractivity contribution in [3.63, 3.8) is 0 Å². The van der Waals surface area contributed by atoms with Crippen LogP contribution in [-0.4, -0.2) is 51.2 Å². The van der Waals surface area contributed by atoms with Crippen molar-refractivity contribution in [3.05, 3.63) is 0 Å². The van der Waals surface area contributed by atoms with Gasteiger partial charge in [0.2, 0.25) is 0 Å². The number of methoxy groups -OCH3 is 1. The van der Waals surface area contributed by atoms with E-state index in [-0.39, 0.29) is 6.10 Å². The van der Waals surface area contributed by atoms with Gasteiger partial charge in [-0.1, -0.05) is 12.8 Å². The lowest BCUT2D eigenvalue weighted by Gasteiger charge is -2.27. The monoisotopic (exact) mass is 245 g/mol. The molecule has 1 aliphatic carbocycles. The molecule has 0 aromatic carbocycles. The van der Waals surface area contributed by atoms with Gasteiger partial charge in [0.1, 0.15) is 0 Å². The summed E-state index contributed by atoms with van der Waals surface area (Å²) < 4.78 is 10.4. The lowest BCUT2D eigenvalue weighted by molar-refractivity contribution is 0.0663. The maximum absolute atomic E-state index is 9.78. The third-order valence-electron chi connectivity index (χ3n) is 3.34. The normalized spacial score (nSPS) is 25.1. The van der Waals surface area contributed by atoms with Gasteiger partial charge in [-0.2, -0.15) is 0 Å². The molecule has 0 spiro atoms. The van der Waals surface area contributed by atoms with Gasteiger partial charge in [-0.15, -0.1) is 0 Å². The van der Waals surface area contributed by atoms with E-state index in [0.717, 1.165) is 52.2 Å². The highest BCUT2D eigenvalue weighted by molar-refractivity contribution is 4.75. The van der Waals surface area contributed by atoms with E-state index in [1.165, 1.54) is 12.8 Å². The Morgan fingerprint density at radius 2 is 2.00 bits per heavy atom. The summed E-state index contributed by atoms with van der Waals surface area (Å²) in [4.78, 5) is 0. The average Bonchev–Trinajstić information content (AvgIpc) is 2.35. The smallest absolute Gasteiger partial charge is 0.0590 e. The fraction of sp³-hybridized carbons (Fsp3) is 1.00. The van der Waals surface area contributed by atoms with Crippen molar-refractivity contribution in [1.82, 2.24) is 5.32 Å². The van der Waals surface area contributed by atoms with Crippen molar-refractivity contribution < 1.29 is 14.6 Å². The van der Waals surface area contributed by atoms with Gasteiger partial charge >= 0.3 is 0 Å². The minimum atomic E-state index is -0.0983. The number of rotatable bonds is 9. The first kappa shape index (κ1) is 14.9. The van der Waals surface area contributed by atoms with Crippen molar-refractivity contribution in [1.29, 1.82) is 0 Å². The predicted molar refractivity (Wildman–Crippen MR) is 68.1 cm³/mol. The van der Waals surface area contributed by atoms with Crippen LogP contribution < -0.4 is 5.32 Å². The van der Waals surface area contributed by atoms with E-state index in [2.05, 4.69) is 5.32 Å². The molecule has 0 heterocycles. The van der Waals surface area contributed by atoms with Gasteiger partial charge in [0.15, 0.2) is 0 Å². The van der Waals surface area contributed by atoms with Crippen LogP contribution in [0.25, 0.3) is 0 Å². The minimum Gasteiger partial charge on any atom is -0.393 e. The van der Waals surface area contributed by atoms with Crippen molar-refractivity contribution in [2.45, 2.75) is 38.2 Å². The van der Waals surface area contributed by atoms with E-state index in [4.69, 9.17) is 9.47 Å². The highest BCUT2D eigenvalue weighted by Gasteiger charge is 2.21. The van der Waals surface area contributed by atoms with Gasteiger partial charge in [0.05, 0.1) is 12.7 Å². The number of aliphatic hydroxyl groups excluding tert-OH is 1. The molecule has 1 saturated carbocycles. The lowest BCUT2D eigenvalue weighted by Crippen LogP contribution is -2.35. The third kappa shape index (κ3) is 6.99. The van der Waals surface area contributed by atoms with E-state index < -0.39 is 0 Å². The molecule has 0 aliphatic heterocycles. The first-order chi connectivity index (χ1) is 8.34. The van der Waals surface area contributed by atoms with Gasteiger partial charge < -0.3 is 19.9 Å². The van der Waals surface area contributed by atoms with Crippen LogP contribution in [0.3, 0.4) is 0 Å². The molecule has 2 unspecified atom stereocenters. The molecular formula is C13H27NO3. The summed E-state index contributed by atoms with van der Waals surface area (Å²) in [6, 6.07) is 0. The molecule has 2 atom stereocenters. The summed E-state index contributed by atoms with van der Waals surface area (Å²) in [7, 11) is 1.71. The van der Waals surface area contributed by atoms with Crippen molar-refractivity contribution in [2.75, 3.05) is 40.0 Å². The van der Waals surface area contributed by atoms with Gasteiger partial charge in [0.25, 0.3) is 0 Å². The van der Waals surface area contributed by atoms with E-state index in [0.29, 0.717) is 5.92 Å². The molecule has 1 fully saturated rings. The minimum absolute atomic E-state index is 0.0983. The Morgan fingerprint density at radius 3 is 2.76 bits per heavy atom. The van der Waals surface area contributed by atoms with Crippen molar-refractivity contribution >= 4 is 0 Å². The van der Waals surface area contributed by atoms with Gasteiger partial charge in [-0.05, 0) is 25.2 Å². The van der Waals surface area contributed by atoms with E-state index in [1.807, 2.05) is 0 Å². The fourth-order valence-corrected chi connectivity index (χ4v) is 2.27. The molecule has 4 nitrogen and oxygen atoms in total. The Balaban J connectivity index is 1.86. The van der Waals surface area contributed by atoms with Crippen LogP contribution in [0.4, 0.5) is 0 Å². The molecule has 0 radical (unpaired) electrons. The second-order valence-corrected chi connectivity index (χ2v) is 4.77. The molecular weight excluding hydrogens is 218 g/mol. The summed E-state index contributed by atoms with van der Waals surface area (Å²) >= 11 is 0. The highest BCUT2D eigenvalue weighted by atomic mass is 16.5. The Kier molecular flexibility index (Phi) is 8.61. The standard InChI is InChI=1S/C13H27NO3/c1-16-8-4-9-17-10-7-14-11-12-5-2-3-6-13(12)15/h12-15H,2-11H2,1H3. The second-order valence-electron chi connectivity index (χ2n) is 4.77. The molecule has 0 aromatic rings. The number of aliphatic hydroxyl groups is 1. The molecule has 102 valence electrons. The molecule has 17 heavy (non-hydrogen) atoms. The van der Waals surface area contributed by atoms with Crippen LogP contribution in [0.1, 0.15) is 32.1 Å². The summed E-state index contributed by atoms with van der Waals surface area (Å²) in [5, 5.41) is 13.1. The molecule has 0 saturated heterocycles. The number of hydrogen-bond acceptors (Lipinski definition) is 4. The number of hydrogen-bond donors (Lipinski definition) is 2. The Labute approximate surface area is 105 Å². The van der Waals surface area contributed by atoms with Gasteiger partial charge in [0, 0.05) is 33.4 Å². The summed E-state index contributed by atoms with van der Waals surface area (Å²) in [6.07, 6.45) is 5.43.